The zero-order valence-electron chi connectivity index (χ0n) is 48.1. The molecule has 0 rings (SSSR count). The predicted octanol–water partition coefficient (Wildman–Crippen LogP) is 21.1. The largest absolute Gasteiger partial charge is 0.462 e. The van der Waals surface area contributed by atoms with Gasteiger partial charge in [-0.2, -0.15) is 0 Å². The summed E-state index contributed by atoms with van der Waals surface area (Å²) in [6.45, 7) is 6.49. The van der Waals surface area contributed by atoms with Gasteiger partial charge < -0.3 is 14.2 Å². The smallest absolute Gasteiger partial charge is 0.306 e. The van der Waals surface area contributed by atoms with Gasteiger partial charge in [0, 0.05) is 19.3 Å². The fourth-order valence-electron chi connectivity index (χ4n) is 8.76. The fraction of sp³-hybridized carbons (Fsp3) is 0.746. The molecule has 0 bridgehead atoms. The maximum absolute atomic E-state index is 12.9. The highest BCUT2D eigenvalue weighted by atomic mass is 16.6. The number of ether oxygens (including phenoxy) is 3. The van der Waals surface area contributed by atoms with Crippen LogP contribution in [-0.4, -0.2) is 37.2 Å². The summed E-state index contributed by atoms with van der Waals surface area (Å²) < 4.78 is 16.9. The van der Waals surface area contributed by atoms with Crippen LogP contribution in [0.25, 0.3) is 0 Å². The molecule has 0 amide bonds. The first-order chi connectivity index (χ1) is 36.0. The van der Waals surface area contributed by atoms with Crippen LogP contribution >= 0.6 is 0 Å². The summed E-state index contributed by atoms with van der Waals surface area (Å²) in [5, 5.41) is 0. The summed E-state index contributed by atoms with van der Waals surface area (Å²) in [6.07, 6.45) is 80.2. The molecule has 6 heteroatoms. The van der Waals surface area contributed by atoms with Crippen molar-refractivity contribution in [2.45, 2.75) is 309 Å². The van der Waals surface area contributed by atoms with E-state index in [-0.39, 0.29) is 37.5 Å². The Kier molecular flexibility index (Phi) is 58.3. The predicted molar refractivity (Wildman–Crippen MR) is 316 cm³/mol. The summed E-state index contributed by atoms with van der Waals surface area (Å²) in [5.41, 5.74) is 0. The van der Waals surface area contributed by atoms with Crippen molar-refractivity contribution in [3.8, 4) is 0 Å². The van der Waals surface area contributed by atoms with Crippen LogP contribution in [0.5, 0.6) is 0 Å². The van der Waals surface area contributed by atoms with Crippen LogP contribution in [-0.2, 0) is 28.6 Å². The van der Waals surface area contributed by atoms with E-state index in [4.69, 9.17) is 14.2 Å². The lowest BCUT2D eigenvalue weighted by Crippen LogP contribution is -2.30. The highest BCUT2D eigenvalue weighted by Crippen LogP contribution is 2.16. The quantitative estimate of drug-likeness (QED) is 0.0261. The topological polar surface area (TPSA) is 78.9 Å². The molecule has 0 spiro atoms. The standard InChI is InChI=1S/C67H116O6/c1-4-7-10-13-16-19-22-25-28-31-33-36-38-41-44-47-50-53-56-59-65(68)71-62-64(73-67(70)61-58-55-52-49-46-43-40-35-30-27-24-21-18-15-12-9-6-3)63-72-66(69)60-57-54-51-48-45-42-39-37-34-32-29-26-23-20-17-14-11-8-5-2/h7,10,16,19,25,27-28,30,33,36,41,44,50,53,64H,4-6,8-9,11-15,17-18,20-24,26,29,31-32,34-35,37-40,42-43,45-49,51-52,54-63H2,1-3H3/b10-7-,19-16-,28-25-,30-27-,36-33-,44-41-,53-50-/t64-/m1/s1. The lowest BCUT2D eigenvalue weighted by atomic mass is 10.0. The zero-order chi connectivity index (χ0) is 52.9. The van der Waals surface area contributed by atoms with Crippen molar-refractivity contribution in [2.24, 2.45) is 0 Å². The van der Waals surface area contributed by atoms with Gasteiger partial charge in [0.1, 0.15) is 13.2 Å². The Hall–Kier alpha value is -3.41. The summed E-state index contributed by atoms with van der Waals surface area (Å²) in [6, 6.07) is 0. The first kappa shape index (κ1) is 69.6. The van der Waals surface area contributed by atoms with E-state index in [1.54, 1.807) is 0 Å². The van der Waals surface area contributed by atoms with Crippen molar-refractivity contribution in [3.63, 3.8) is 0 Å². The van der Waals surface area contributed by atoms with Gasteiger partial charge in [-0.25, -0.2) is 0 Å². The number of esters is 3. The number of rotatable bonds is 56. The van der Waals surface area contributed by atoms with Gasteiger partial charge in [-0.15, -0.1) is 0 Å². The van der Waals surface area contributed by atoms with E-state index >= 15 is 0 Å². The Morgan fingerprint density at radius 2 is 0.562 bits per heavy atom. The molecule has 420 valence electrons. The number of unbranched alkanes of at least 4 members (excludes halogenated alkanes) is 31. The minimum absolute atomic E-state index is 0.0988. The van der Waals surface area contributed by atoms with Gasteiger partial charge in [0.15, 0.2) is 6.10 Å². The first-order valence-electron chi connectivity index (χ1n) is 31.1. The molecule has 0 aromatic rings. The first-order valence-corrected chi connectivity index (χ1v) is 31.1. The minimum atomic E-state index is -0.809. The van der Waals surface area contributed by atoms with Crippen molar-refractivity contribution in [2.75, 3.05) is 13.2 Å². The van der Waals surface area contributed by atoms with Crippen LogP contribution in [0.1, 0.15) is 303 Å². The third kappa shape index (κ3) is 59.3. The second-order valence-corrected chi connectivity index (χ2v) is 20.6. The number of carbonyl (C=O) groups excluding carboxylic acids is 3. The van der Waals surface area contributed by atoms with Gasteiger partial charge in [-0.3, -0.25) is 14.4 Å². The van der Waals surface area contributed by atoms with Gasteiger partial charge in [0.25, 0.3) is 0 Å². The van der Waals surface area contributed by atoms with E-state index in [1.165, 1.54) is 180 Å². The van der Waals surface area contributed by atoms with Crippen molar-refractivity contribution in [3.05, 3.63) is 85.1 Å². The molecule has 0 saturated carbocycles. The van der Waals surface area contributed by atoms with E-state index < -0.39 is 6.10 Å². The second kappa shape index (κ2) is 61.1. The van der Waals surface area contributed by atoms with Gasteiger partial charge in [-0.05, 0) is 83.5 Å². The molecule has 0 aliphatic rings. The molecule has 0 radical (unpaired) electrons. The lowest BCUT2D eigenvalue weighted by Gasteiger charge is -2.18. The van der Waals surface area contributed by atoms with Gasteiger partial charge in [-0.1, -0.05) is 286 Å². The molecule has 0 aromatic carbocycles. The number of hydrogen-bond acceptors (Lipinski definition) is 6. The van der Waals surface area contributed by atoms with Gasteiger partial charge >= 0.3 is 17.9 Å². The lowest BCUT2D eigenvalue weighted by molar-refractivity contribution is -0.166. The van der Waals surface area contributed by atoms with Crippen LogP contribution in [0, 0.1) is 0 Å². The minimum Gasteiger partial charge on any atom is -0.462 e. The number of carbonyl (C=O) groups is 3. The monoisotopic (exact) mass is 1020 g/mol. The number of allylic oxidation sites excluding steroid dienone is 14. The Labute approximate surface area is 452 Å². The fourth-order valence-corrected chi connectivity index (χ4v) is 8.76. The van der Waals surface area contributed by atoms with E-state index in [0.29, 0.717) is 19.3 Å². The van der Waals surface area contributed by atoms with Crippen LogP contribution < -0.4 is 0 Å². The highest BCUT2D eigenvalue weighted by molar-refractivity contribution is 5.71. The summed E-state index contributed by atoms with van der Waals surface area (Å²) in [4.78, 5) is 38.2. The van der Waals surface area contributed by atoms with Crippen LogP contribution in [0.3, 0.4) is 0 Å². The third-order valence-electron chi connectivity index (χ3n) is 13.4. The van der Waals surface area contributed by atoms with E-state index in [0.717, 1.165) is 77.0 Å². The molecular formula is C67H116O6. The molecule has 0 aliphatic carbocycles. The molecule has 0 unspecified atom stereocenters. The molecule has 0 fully saturated rings. The normalized spacial score (nSPS) is 12.6. The SMILES string of the molecule is CC/C=C\C/C=C\C/C=C\C/C=C\C/C=C\C/C=C\CCC(=O)OC[C@H](COC(=O)CCCCCCCCCCCCCCCCCCCCC)OC(=O)CCCCCCCCC/C=C\CCCCCCCC. The summed E-state index contributed by atoms with van der Waals surface area (Å²) in [7, 11) is 0. The third-order valence-corrected chi connectivity index (χ3v) is 13.4. The molecule has 1 atom stereocenters. The van der Waals surface area contributed by atoms with Crippen molar-refractivity contribution in [1.82, 2.24) is 0 Å². The zero-order valence-corrected chi connectivity index (χ0v) is 48.1. The summed E-state index contributed by atoms with van der Waals surface area (Å²) >= 11 is 0. The van der Waals surface area contributed by atoms with Crippen LogP contribution in [0.15, 0.2) is 85.1 Å². The Morgan fingerprint density at radius 3 is 0.918 bits per heavy atom. The molecule has 6 nitrogen and oxygen atoms in total. The molecule has 0 aliphatic heterocycles. The van der Waals surface area contributed by atoms with E-state index in [1.807, 2.05) is 6.08 Å². The average molecular weight is 1020 g/mol. The maximum Gasteiger partial charge on any atom is 0.306 e. The van der Waals surface area contributed by atoms with E-state index in [2.05, 4.69) is 99.8 Å². The van der Waals surface area contributed by atoms with Crippen LogP contribution in [0.4, 0.5) is 0 Å². The second-order valence-electron chi connectivity index (χ2n) is 20.6. The molecule has 0 saturated heterocycles. The Morgan fingerprint density at radius 1 is 0.288 bits per heavy atom. The number of hydrogen-bond donors (Lipinski definition) is 0. The molecular weight excluding hydrogens is 901 g/mol. The molecule has 73 heavy (non-hydrogen) atoms. The average Bonchev–Trinajstić information content (AvgIpc) is 3.39. The van der Waals surface area contributed by atoms with Gasteiger partial charge in [0.2, 0.25) is 0 Å². The molecule has 0 heterocycles. The molecule has 0 aromatic heterocycles. The van der Waals surface area contributed by atoms with Crippen molar-refractivity contribution in [1.29, 1.82) is 0 Å². The van der Waals surface area contributed by atoms with Crippen molar-refractivity contribution >= 4 is 17.9 Å². The Balaban J connectivity index is 4.46. The summed E-state index contributed by atoms with van der Waals surface area (Å²) in [5.74, 6) is -0.979. The van der Waals surface area contributed by atoms with E-state index in [9.17, 15) is 14.4 Å². The maximum atomic E-state index is 12.9. The van der Waals surface area contributed by atoms with Crippen molar-refractivity contribution < 1.29 is 28.6 Å². The van der Waals surface area contributed by atoms with Gasteiger partial charge in [0.05, 0.1) is 0 Å². The van der Waals surface area contributed by atoms with Crippen LogP contribution in [0.2, 0.25) is 0 Å². The highest BCUT2D eigenvalue weighted by Gasteiger charge is 2.19. The molecule has 0 N–H and O–H groups in total. The Bertz CT molecular complexity index is 1400.